The van der Waals surface area contributed by atoms with Crippen molar-refractivity contribution in [2.75, 3.05) is 37.8 Å². The van der Waals surface area contributed by atoms with Crippen LogP contribution >= 0.6 is 0 Å². The summed E-state index contributed by atoms with van der Waals surface area (Å²) in [7, 11) is 3.69. The van der Waals surface area contributed by atoms with E-state index in [9.17, 15) is 9.59 Å². The van der Waals surface area contributed by atoms with Gasteiger partial charge in [0.25, 0.3) is 0 Å². The molecule has 1 aliphatic rings. The Kier molecular flexibility index (Phi) is 6.12. The Morgan fingerprint density at radius 3 is 2.35 bits per heavy atom. The third-order valence-electron chi connectivity index (χ3n) is 3.89. The molecule has 1 aliphatic heterocycles. The number of amides is 2. The van der Waals surface area contributed by atoms with Gasteiger partial charge in [-0.05, 0) is 64.7 Å². The molecule has 6 heteroatoms. The smallest absolute Gasteiger partial charge is 0.238 e. The summed E-state index contributed by atoms with van der Waals surface area (Å²) in [5.74, 6) is 0.0731. The zero-order valence-corrected chi connectivity index (χ0v) is 14.1. The fourth-order valence-electron chi connectivity index (χ4n) is 2.74. The minimum absolute atomic E-state index is 0.0597. The summed E-state index contributed by atoms with van der Waals surface area (Å²) in [5, 5.41) is 9.12. The first-order chi connectivity index (χ1) is 10.9. The van der Waals surface area contributed by atoms with Gasteiger partial charge in [-0.15, -0.1) is 0 Å². The fraction of sp³-hybridized carbons (Fsp3) is 0.529. The van der Waals surface area contributed by atoms with E-state index in [0.717, 1.165) is 30.8 Å². The van der Waals surface area contributed by atoms with Crippen molar-refractivity contribution < 1.29 is 9.59 Å². The van der Waals surface area contributed by atoms with E-state index < -0.39 is 0 Å². The van der Waals surface area contributed by atoms with E-state index in [1.165, 1.54) is 0 Å². The Morgan fingerprint density at radius 1 is 1.17 bits per heavy atom. The Hall–Kier alpha value is -1.92. The average molecular weight is 318 g/mol. The molecule has 3 N–H and O–H groups in total. The SMILES string of the molecule is C[C@H]1C[C@@H](C(=O)Nc2ccc(NC(=O)CN(C)C)cc2)CCN1. The van der Waals surface area contributed by atoms with E-state index >= 15 is 0 Å². The largest absolute Gasteiger partial charge is 0.326 e. The minimum Gasteiger partial charge on any atom is -0.326 e. The van der Waals surface area contributed by atoms with Crippen LogP contribution in [0.5, 0.6) is 0 Å². The number of piperidine rings is 1. The van der Waals surface area contributed by atoms with E-state index in [1.54, 1.807) is 12.1 Å². The zero-order valence-electron chi connectivity index (χ0n) is 14.1. The van der Waals surface area contributed by atoms with Gasteiger partial charge in [0, 0.05) is 23.3 Å². The van der Waals surface area contributed by atoms with Crippen molar-refractivity contribution in [3.8, 4) is 0 Å². The molecular formula is C17H26N4O2. The molecule has 0 radical (unpaired) electrons. The first kappa shape index (κ1) is 17.4. The predicted molar refractivity (Wildman–Crippen MR) is 92.4 cm³/mol. The predicted octanol–water partition coefficient (Wildman–Crippen LogP) is 1.51. The second-order valence-corrected chi connectivity index (χ2v) is 6.43. The van der Waals surface area contributed by atoms with Crippen LogP contribution in [0.25, 0.3) is 0 Å². The highest BCUT2D eigenvalue weighted by molar-refractivity contribution is 5.94. The maximum Gasteiger partial charge on any atom is 0.238 e. The number of hydrogen-bond donors (Lipinski definition) is 3. The van der Waals surface area contributed by atoms with Crippen LogP contribution in [0.2, 0.25) is 0 Å². The quantitative estimate of drug-likeness (QED) is 0.769. The number of nitrogens with zero attached hydrogens (tertiary/aromatic N) is 1. The van der Waals surface area contributed by atoms with Crippen LogP contribution in [0, 0.1) is 5.92 Å². The third kappa shape index (κ3) is 5.65. The molecule has 2 amide bonds. The van der Waals surface area contributed by atoms with Crippen molar-refractivity contribution in [2.24, 2.45) is 5.92 Å². The van der Waals surface area contributed by atoms with E-state index in [2.05, 4.69) is 22.9 Å². The summed E-state index contributed by atoms with van der Waals surface area (Å²) < 4.78 is 0. The van der Waals surface area contributed by atoms with Crippen LogP contribution in [-0.4, -0.2) is 49.9 Å². The molecule has 6 nitrogen and oxygen atoms in total. The second-order valence-electron chi connectivity index (χ2n) is 6.43. The van der Waals surface area contributed by atoms with Gasteiger partial charge in [-0.2, -0.15) is 0 Å². The van der Waals surface area contributed by atoms with E-state index in [-0.39, 0.29) is 17.7 Å². The topological polar surface area (TPSA) is 73.5 Å². The molecule has 1 saturated heterocycles. The molecule has 23 heavy (non-hydrogen) atoms. The van der Waals surface area contributed by atoms with Crippen LogP contribution in [0.1, 0.15) is 19.8 Å². The molecule has 0 aromatic heterocycles. The standard InChI is InChI=1S/C17H26N4O2/c1-12-10-13(8-9-18-12)17(23)20-15-6-4-14(5-7-15)19-16(22)11-21(2)3/h4-7,12-13,18H,8-11H2,1-3H3,(H,19,22)(H,20,23)/t12-,13-/m0/s1. The van der Waals surface area contributed by atoms with Gasteiger partial charge in [0.2, 0.25) is 11.8 Å². The number of rotatable bonds is 5. The van der Waals surface area contributed by atoms with Crippen molar-refractivity contribution in [3.63, 3.8) is 0 Å². The number of nitrogens with one attached hydrogen (secondary N) is 3. The van der Waals surface area contributed by atoms with E-state index in [0.29, 0.717) is 12.6 Å². The van der Waals surface area contributed by atoms with Crippen LogP contribution in [0.4, 0.5) is 11.4 Å². The van der Waals surface area contributed by atoms with Gasteiger partial charge >= 0.3 is 0 Å². The van der Waals surface area contributed by atoms with Crippen LogP contribution in [0.3, 0.4) is 0 Å². The molecule has 0 bridgehead atoms. The number of hydrogen-bond acceptors (Lipinski definition) is 4. The third-order valence-corrected chi connectivity index (χ3v) is 3.89. The fourth-order valence-corrected chi connectivity index (χ4v) is 2.74. The van der Waals surface area contributed by atoms with Gasteiger partial charge in [0.1, 0.15) is 0 Å². The maximum atomic E-state index is 12.3. The molecule has 1 aromatic carbocycles. The number of benzene rings is 1. The number of anilines is 2. The second kappa shape index (κ2) is 8.08. The zero-order chi connectivity index (χ0) is 16.8. The average Bonchev–Trinajstić information content (AvgIpc) is 2.48. The Labute approximate surface area is 137 Å². The molecular weight excluding hydrogens is 292 g/mol. The van der Waals surface area contributed by atoms with Crippen molar-refractivity contribution >= 4 is 23.2 Å². The normalized spacial score (nSPS) is 21.0. The van der Waals surface area contributed by atoms with Gasteiger partial charge < -0.3 is 20.9 Å². The van der Waals surface area contributed by atoms with Gasteiger partial charge in [0.15, 0.2) is 0 Å². The van der Waals surface area contributed by atoms with Crippen molar-refractivity contribution in [1.29, 1.82) is 0 Å². The Bertz CT molecular complexity index is 542. The lowest BCUT2D eigenvalue weighted by Gasteiger charge is -2.27. The van der Waals surface area contributed by atoms with Crippen LogP contribution < -0.4 is 16.0 Å². The van der Waals surface area contributed by atoms with Crippen LogP contribution in [0.15, 0.2) is 24.3 Å². The highest BCUT2D eigenvalue weighted by atomic mass is 16.2. The first-order valence-corrected chi connectivity index (χ1v) is 8.03. The highest BCUT2D eigenvalue weighted by Crippen LogP contribution is 2.19. The molecule has 0 saturated carbocycles. The number of carbonyl (C=O) groups is 2. The van der Waals surface area contributed by atoms with Gasteiger partial charge in [-0.3, -0.25) is 9.59 Å². The first-order valence-electron chi connectivity index (χ1n) is 8.03. The Balaban J connectivity index is 1.87. The monoisotopic (exact) mass is 318 g/mol. The molecule has 0 unspecified atom stereocenters. The van der Waals surface area contributed by atoms with Crippen LogP contribution in [-0.2, 0) is 9.59 Å². The highest BCUT2D eigenvalue weighted by Gasteiger charge is 2.24. The summed E-state index contributed by atoms with van der Waals surface area (Å²) in [4.78, 5) is 25.8. The molecule has 0 spiro atoms. The Morgan fingerprint density at radius 2 is 1.78 bits per heavy atom. The molecule has 1 fully saturated rings. The summed E-state index contributed by atoms with van der Waals surface area (Å²) in [6.07, 6.45) is 1.74. The lowest BCUT2D eigenvalue weighted by Crippen LogP contribution is -2.40. The minimum atomic E-state index is -0.0597. The maximum absolute atomic E-state index is 12.3. The summed E-state index contributed by atoms with van der Waals surface area (Å²) >= 11 is 0. The van der Waals surface area contributed by atoms with Crippen molar-refractivity contribution in [2.45, 2.75) is 25.8 Å². The van der Waals surface area contributed by atoms with E-state index in [4.69, 9.17) is 0 Å². The number of carbonyl (C=O) groups excluding carboxylic acids is 2. The molecule has 126 valence electrons. The van der Waals surface area contributed by atoms with Gasteiger partial charge in [0.05, 0.1) is 6.54 Å². The lowest BCUT2D eigenvalue weighted by atomic mass is 9.92. The van der Waals surface area contributed by atoms with Crippen molar-refractivity contribution in [1.82, 2.24) is 10.2 Å². The lowest BCUT2D eigenvalue weighted by molar-refractivity contribution is -0.121. The van der Waals surface area contributed by atoms with Gasteiger partial charge in [-0.25, -0.2) is 0 Å². The summed E-state index contributed by atoms with van der Waals surface area (Å²) in [5.41, 5.74) is 1.48. The molecule has 2 rings (SSSR count). The van der Waals surface area contributed by atoms with E-state index in [1.807, 2.05) is 31.1 Å². The molecule has 0 aliphatic carbocycles. The van der Waals surface area contributed by atoms with Gasteiger partial charge in [-0.1, -0.05) is 0 Å². The molecule has 2 atom stereocenters. The molecule has 1 aromatic rings. The number of likely N-dealkylation sites (N-methyl/N-ethyl adjacent to an activating group) is 1. The van der Waals surface area contributed by atoms with Crippen molar-refractivity contribution in [3.05, 3.63) is 24.3 Å². The molecule has 1 heterocycles. The summed E-state index contributed by atoms with van der Waals surface area (Å²) in [6.45, 7) is 3.33. The summed E-state index contributed by atoms with van der Waals surface area (Å²) in [6, 6.07) is 7.61.